The Bertz CT molecular complexity index is 509. The Kier molecular flexibility index (Phi) is 5.15. The maximum atomic E-state index is 11.7. The third-order valence-corrected chi connectivity index (χ3v) is 2.49. The molecule has 102 valence electrons. The number of nitrogens with one attached hydrogen (secondary N) is 1. The van der Waals surface area contributed by atoms with E-state index < -0.39 is 24.0 Å². The first-order chi connectivity index (χ1) is 8.29. The average Bonchev–Trinajstić information content (AvgIpc) is 2.23. The topological polar surface area (TPSA) is 64.1 Å². The molecule has 0 aromatic carbocycles. The summed E-state index contributed by atoms with van der Waals surface area (Å²) in [6.45, 7) is -1.27. The Morgan fingerprint density at radius 1 is 1.39 bits per heavy atom. The first-order valence-electron chi connectivity index (χ1n) is 4.93. The van der Waals surface area contributed by atoms with Gasteiger partial charge in [-0.1, -0.05) is 0 Å². The first-order valence-corrected chi connectivity index (χ1v) is 5.72. The number of aromatic nitrogens is 2. The van der Waals surface area contributed by atoms with Crippen molar-refractivity contribution in [3.63, 3.8) is 0 Å². The molecular weight excluding hydrogens is 321 g/mol. The molecule has 0 atom stereocenters. The highest BCUT2D eigenvalue weighted by molar-refractivity contribution is 9.10. The van der Waals surface area contributed by atoms with Gasteiger partial charge < -0.3 is 4.74 Å². The van der Waals surface area contributed by atoms with Gasteiger partial charge in [-0.3, -0.25) is 14.3 Å². The highest BCUT2D eigenvalue weighted by atomic mass is 79.9. The number of aromatic amines is 1. The summed E-state index contributed by atoms with van der Waals surface area (Å²) in [7, 11) is 0. The lowest BCUT2D eigenvalue weighted by molar-refractivity contribution is -0.174. The Balaban J connectivity index is 2.43. The zero-order chi connectivity index (χ0) is 13.8. The lowest BCUT2D eigenvalue weighted by Crippen LogP contribution is -2.30. The summed E-state index contributed by atoms with van der Waals surface area (Å²) in [5, 5.41) is 0. The minimum atomic E-state index is -4.35. The van der Waals surface area contributed by atoms with Crippen LogP contribution in [0, 0.1) is 0 Å². The van der Waals surface area contributed by atoms with Crippen LogP contribution in [0.25, 0.3) is 0 Å². The van der Waals surface area contributed by atoms with E-state index >= 15 is 0 Å². The van der Waals surface area contributed by atoms with Gasteiger partial charge in [-0.05, 0) is 22.4 Å². The minimum absolute atomic E-state index is 0.122. The van der Waals surface area contributed by atoms with Crippen molar-refractivity contribution in [3.05, 3.63) is 31.5 Å². The van der Waals surface area contributed by atoms with E-state index in [1.807, 2.05) is 0 Å². The van der Waals surface area contributed by atoms with Crippen LogP contribution in [0.2, 0.25) is 0 Å². The summed E-state index contributed by atoms with van der Waals surface area (Å²) in [6.07, 6.45) is -2.84. The molecule has 9 heteroatoms. The van der Waals surface area contributed by atoms with Crippen molar-refractivity contribution in [1.29, 1.82) is 0 Å². The van der Waals surface area contributed by atoms with E-state index in [0.717, 1.165) is 0 Å². The van der Waals surface area contributed by atoms with Crippen molar-refractivity contribution in [3.8, 4) is 0 Å². The Labute approximate surface area is 108 Å². The number of halogens is 4. The molecule has 1 heterocycles. The zero-order valence-electron chi connectivity index (χ0n) is 9.09. The predicted octanol–water partition coefficient (Wildman–Crippen LogP) is 1.27. The SMILES string of the molecule is O=c1[nH]c(=O)n(CCCOCC(F)(F)F)cc1Br. The molecule has 0 fully saturated rings. The molecule has 0 saturated carbocycles. The summed E-state index contributed by atoms with van der Waals surface area (Å²) in [5.74, 6) is 0. The smallest absolute Gasteiger partial charge is 0.372 e. The van der Waals surface area contributed by atoms with E-state index in [2.05, 4.69) is 25.7 Å². The van der Waals surface area contributed by atoms with Crippen LogP contribution in [0.5, 0.6) is 0 Å². The number of hydrogen-bond donors (Lipinski definition) is 1. The summed E-state index contributed by atoms with van der Waals surface area (Å²) in [6, 6.07) is 0. The second-order valence-electron chi connectivity index (χ2n) is 3.45. The number of hydrogen-bond acceptors (Lipinski definition) is 3. The number of ether oxygens (including phenoxy) is 1. The van der Waals surface area contributed by atoms with Crippen LogP contribution in [0.4, 0.5) is 13.2 Å². The van der Waals surface area contributed by atoms with Crippen molar-refractivity contribution in [1.82, 2.24) is 9.55 Å². The first kappa shape index (κ1) is 15.0. The Morgan fingerprint density at radius 3 is 2.67 bits per heavy atom. The Hall–Kier alpha value is -1.09. The fourth-order valence-electron chi connectivity index (χ4n) is 1.17. The molecule has 0 unspecified atom stereocenters. The van der Waals surface area contributed by atoms with E-state index in [4.69, 9.17) is 0 Å². The summed E-state index contributed by atoms with van der Waals surface area (Å²) in [4.78, 5) is 24.4. The maximum Gasteiger partial charge on any atom is 0.411 e. The van der Waals surface area contributed by atoms with Gasteiger partial charge in [0.1, 0.15) is 6.61 Å². The number of H-pyrrole nitrogens is 1. The maximum absolute atomic E-state index is 11.7. The zero-order valence-corrected chi connectivity index (χ0v) is 10.7. The number of rotatable bonds is 5. The van der Waals surface area contributed by atoms with Crippen LogP contribution in [0.3, 0.4) is 0 Å². The van der Waals surface area contributed by atoms with E-state index in [0.29, 0.717) is 0 Å². The van der Waals surface area contributed by atoms with E-state index in [-0.39, 0.29) is 24.0 Å². The Morgan fingerprint density at radius 2 is 2.06 bits per heavy atom. The van der Waals surface area contributed by atoms with Gasteiger partial charge in [-0.2, -0.15) is 13.2 Å². The van der Waals surface area contributed by atoms with Crippen molar-refractivity contribution in [2.24, 2.45) is 0 Å². The third kappa shape index (κ3) is 5.05. The largest absolute Gasteiger partial charge is 0.411 e. The molecule has 0 radical (unpaired) electrons. The standard InChI is InChI=1S/C9H10BrF3N2O3/c10-6-4-15(8(17)14-7(6)16)2-1-3-18-5-9(11,12)13/h4H,1-3,5H2,(H,14,16,17). The summed E-state index contributed by atoms with van der Waals surface area (Å²) < 4.78 is 41.0. The quantitative estimate of drug-likeness (QED) is 0.827. The molecule has 0 spiro atoms. The lowest BCUT2D eigenvalue weighted by atomic mass is 10.4. The van der Waals surface area contributed by atoms with Crippen LogP contribution < -0.4 is 11.2 Å². The molecule has 0 saturated heterocycles. The second kappa shape index (κ2) is 6.19. The van der Waals surface area contributed by atoms with Gasteiger partial charge in [0.25, 0.3) is 5.56 Å². The molecule has 0 aliphatic carbocycles. The van der Waals surface area contributed by atoms with Gasteiger partial charge in [-0.15, -0.1) is 0 Å². The lowest BCUT2D eigenvalue weighted by Gasteiger charge is -2.08. The fourth-order valence-corrected chi connectivity index (χ4v) is 1.52. The van der Waals surface area contributed by atoms with Crippen LogP contribution in [-0.2, 0) is 11.3 Å². The number of nitrogens with zero attached hydrogens (tertiary/aromatic N) is 1. The van der Waals surface area contributed by atoms with Crippen molar-refractivity contribution < 1.29 is 17.9 Å². The monoisotopic (exact) mass is 330 g/mol. The number of alkyl halides is 3. The van der Waals surface area contributed by atoms with Gasteiger partial charge in [-0.25, -0.2) is 4.79 Å². The molecule has 18 heavy (non-hydrogen) atoms. The fraction of sp³-hybridized carbons (Fsp3) is 0.556. The van der Waals surface area contributed by atoms with Crippen LogP contribution in [0.1, 0.15) is 6.42 Å². The van der Waals surface area contributed by atoms with Gasteiger partial charge >= 0.3 is 11.9 Å². The van der Waals surface area contributed by atoms with Gasteiger partial charge in [0, 0.05) is 19.3 Å². The van der Waals surface area contributed by atoms with Crippen LogP contribution in [-0.4, -0.2) is 28.9 Å². The molecule has 5 nitrogen and oxygen atoms in total. The van der Waals surface area contributed by atoms with Crippen LogP contribution in [0.15, 0.2) is 20.3 Å². The van der Waals surface area contributed by atoms with E-state index in [1.165, 1.54) is 10.8 Å². The molecule has 0 aliphatic rings. The average molecular weight is 331 g/mol. The molecule has 1 rings (SSSR count). The summed E-state index contributed by atoms with van der Waals surface area (Å²) in [5.41, 5.74) is -1.16. The molecule has 1 aromatic heterocycles. The van der Waals surface area contributed by atoms with Crippen molar-refractivity contribution >= 4 is 15.9 Å². The van der Waals surface area contributed by atoms with Gasteiger partial charge in [0.05, 0.1) is 4.47 Å². The molecule has 0 aliphatic heterocycles. The summed E-state index contributed by atoms with van der Waals surface area (Å²) >= 11 is 2.95. The van der Waals surface area contributed by atoms with E-state index in [9.17, 15) is 22.8 Å². The normalized spacial score (nSPS) is 11.8. The minimum Gasteiger partial charge on any atom is -0.372 e. The predicted molar refractivity (Wildman–Crippen MR) is 60.5 cm³/mol. The van der Waals surface area contributed by atoms with Crippen molar-refractivity contribution in [2.45, 2.75) is 19.1 Å². The van der Waals surface area contributed by atoms with Gasteiger partial charge in [0.2, 0.25) is 0 Å². The highest BCUT2D eigenvalue weighted by Crippen LogP contribution is 2.14. The molecule has 1 aromatic rings. The van der Waals surface area contributed by atoms with Crippen molar-refractivity contribution in [2.75, 3.05) is 13.2 Å². The molecule has 0 bridgehead atoms. The van der Waals surface area contributed by atoms with Crippen LogP contribution >= 0.6 is 15.9 Å². The highest BCUT2D eigenvalue weighted by Gasteiger charge is 2.27. The molecule has 1 N–H and O–H groups in total. The third-order valence-electron chi connectivity index (χ3n) is 1.92. The molecular formula is C9H10BrF3N2O3. The van der Waals surface area contributed by atoms with E-state index in [1.54, 1.807) is 0 Å². The second-order valence-corrected chi connectivity index (χ2v) is 4.31. The molecule has 0 amide bonds. The number of aryl methyl sites for hydroxylation is 1. The van der Waals surface area contributed by atoms with Gasteiger partial charge in [0.15, 0.2) is 0 Å².